The molecule has 0 aromatic rings. The number of hydrogen-bond donors (Lipinski definition) is 0. The Morgan fingerprint density at radius 2 is 2.00 bits per heavy atom. The van der Waals surface area contributed by atoms with Crippen LogP contribution in [-0.4, -0.2) is 12.1 Å². The van der Waals surface area contributed by atoms with Gasteiger partial charge in [-0.3, -0.25) is 4.79 Å². The smallest absolute Gasteiger partial charge is 0.303 e. The van der Waals surface area contributed by atoms with Crippen molar-refractivity contribution < 1.29 is 9.53 Å². The van der Waals surface area contributed by atoms with E-state index in [4.69, 9.17) is 4.74 Å². The SMILES string of the molecule is C=C1[C@@H]2[C@@H]3[C@H](C[C@H]1OC(C)=O)[C@@]2(C)CCCC3(C)C. The van der Waals surface area contributed by atoms with Gasteiger partial charge in [-0.2, -0.15) is 0 Å². The zero-order valence-electron chi connectivity index (χ0n) is 12.7. The van der Waals surface area contributed by atoms with Crippen LogP contribution in [0.15, 0.2) is 12.2 Å². The van der Waals surface area contributed by atoms with Gasteiger partial charge in [0.15, 0.2) is 0 Å². The van der Waals surface area contributed by atoms with Crippen LogP contribution < -0.4 is 0 Å². The first-order chi connectivity index (χ1) is 8.77. The van der Waals surface area contributed by atoms with E-state index in [9.17, 15) is 4.79 Å². The lowest BCUT2D eigenvalue weighted by molar-refractivity contribution is -0.188. The summed E-state index contributed by atoms with van der Waals surface area (Å²) in [6.45, 7) is 13.1. The van der Waals surface area contributed by atoms with Crippen molar-refractivity contribution in [2.45, 2.75) is 59.5 Å². The molecule has 0 amide bonds. The highest BCUT2D eigenvalue weighted by atomic mass is 16.5. The molecule has 3 aliphatic carbocycles. The Hall–Kier alpha value is -0.790. The average molecular weight is 262 g/mol. The van der Waals surface area contributed by atoms with Gasteiger partial charge in [0.2, 0.25) is 0 Å². The van der Waals surface area contributed by atoms with Crippen molar-refractivity contribution in [2.75, 3.05) is 0 Å². The number of rotatable bonds is 1. The molecule has 3 saturated carbocycles. The Kier molecular flexibility index (Phi) is 2.69. The van der Waals surface area contributed by atoms with E-state index in [0.717, 1.165) is 12.3 Å². The van der Waals surface area contributed by atoms with Crippen molar-refractivity contribution in [1.82, 2.24) is 0 Å². The summed E-state index contributed by atoms with van der Waals surface area (Å²) in [5, 5.41) is 0. The van der Waals surface area contributed by atoms with E-state index >= 15 is 0 Å². The topological polar surface area (TPSA) is 26.3 Å². The monoisotopic (exact) mass is 262 g/mol. The fourth-order valence-corrected chi connectivity index (χ4v) is 5.57. The summed E-state index contributed by atoms with van der Waals surface area (Å²) in [6.07, 6.45) is 4.95. The molecule has 0 aromatic heterocycles. The van der Waals surface area contributed by atoms with Gasteiger partial charge >= 0.3 is 5.97 Å². The van der Waals surface area contributed by atoms with E-state index in [1.54, 1.807) is 0 Å². The third-order valence-corrected chi connectivity index (χ3v) is 6.38. The zero-order valence-corrected chi connectivity index (χ0v) is 12.7. The van der Waals surface area contributed by atoms with Crippen molar-refractivity contribution in [3.8, 4) is 0 Å². The van der Waals surface area contributed by atoms with Gasteiger partial charge in [0.25, 0.3) is 0 Å². The standard InChI is InChI=1S/C17H26O2/c1-10-13(19-11(2)18)9-12-15-14(10)17(12,5)8-6-7-16(15,3)4/h12-15H,1,6-9H2,2-5H3/t12-,13+,14+,15-,17+/m0/s1. The van der Waals surface area contributed by atoms with Gasteiger partial charge in [-0.05, 0) is 53.4 Å². The van der Waals surface area contributed by atoms with Crippen molar-refractivity contribution in [2.24, 2.45) is 28.6 Å². The molecule has 3 fully saturated rings. The highest BCUT2D eigenvalue weighted by molar-refractivity contribution is 5.66. The van der Waals surface area contributed by atoms with Gasteiger partial charge in [0.05, 0.1) is 0 Å². The van der Waals surface area contributed by atoms with Gasteiger partial charge in [-0.1, -0.05) is 33.8 Å². The van der Waals surface area contributed by atoms with Crippen LogP contribution in [0.2, 0.25) is 0 Å². The molecule has 0 radical (unpaired) electrons. The van der Waals surface area contributed by atoms with Crippen LogP contribution >= 0.6 is 0 Å². The van der Waals surface area contributed by atoms with Crippen molar-refractivity contribution in [3.63, 3.8) is 0 Å². The first-order valence-corrected chi connectivity index (χ1v) is 7.63. The van der Waals surface area contributed by atoms with E-state index < -0.39 is 0 Å². The number of carbonyl (C=O) groups excluding carboxylic acids is 1. The molecule has 2 nitrogen and oxygen atoms in total. The molecule has 0 unspecified atom stereocenters. The molecule has 0 spiro atoms. The number of carbonyl (C=O) groups is 1. The molecular weight excluding hydrogens is 236 g/mol. The molecule has 4 bridgehead atoms. The van der Waals surface area contributed by atoms with Crippen molar-refractivity contribution in [3.05, 3.63) is 12.2 Å². The summed E-state index contributed by atoms with van der Waals surface area (Å²) >= 11 is 0. The Balaban J connectivity index is 1.91. The van der Waals surface area contributed by atoms with Crippen LogP contribution in [0.3, 0.4) is 0 Å². The summed E-state index contributed by atoms with van der Waals surface area (Å²) < 4.78 is 5.49. The van der Waals surface area contributed by atoms with Gasteiger partial charge in [-0.15, -0.1) is 0 Å². The van der Waals surface area contributed by atoms with E-state index in [1.807, 2.05) is 0 Å². The van der Waals surface area contributed by atoms with Gasteiger partial charge < -0.3 is 4.74 Å². The molecule has 3 rings (SSSR count). The number of fused-ring (bicyclic) bond motifs is 1. The second-order valence-electron chi connectivity index (χ2n) is 7.87. The molecule has 0 aliphatic heterocycles. The lowest BCUT2D eigenvalue weighted by Crippen LogP contribution is -2.64. The summed E-state index contributed by atoms with van der Waals surface area (Å²) in [5.74, 6) is 1.86. The predicted molar refractivity (Wildman–Crippen MR) is 75.5 cm³/mol. The first kappa shape index (κ1) is 13.2. The summed E-state index contributed by atoms with van der Waals surface area (Å²) in [6, 6.07) is 0. The highest BCUT2D eigenvalue weighted by Gasteiger charge is 2.68. The third kappa shape index (κ3) is 1.64. The van der Waals surface area contributed by atoms with Crippen LogP contribution in [0.25, 0.3) is 0 Å². The minimum atomic E-state index is -0.167. The molecule has 0 saturated heterocycles. The number of esters is 1. The lowest BCUT2D eigenvalue weighted by atomic mass is 9.37. The molecule has 106 valence electrons. The maximum atomic E-state index is 11.2. The Bertz CT molecular complexity index is 437. The summed E-state index contributed by atoms with van der Waals surface area (Å²) in [7, 11) is 0. The van der Waals surface area contributed by atoms with Gasteiger partial charge in [0, 0.05) is 6.92 Å². The molecule has 5 atom stereocenters. The van der Waals surface area contributed by atoms with Crippen LogP contribution in [-0.2, 0) is 9.53 Å². The normalized spacial score (nSPS) is 47.1. The Morgan fingerprint density at radius 3 is 2.58 bits per heavy atom. The minimum absolute atomic E-state index is 0.0225. The predicted octanol–water partition coefficient (Wildman–Crippen LogP) is 3.96. The second-order valence-corrected chi connectivity index (χ2v) is 7.87. The fraction of sp³-hybridized carbons (Fsp3) is 0.824. The molecule has 0 N–H and O–H groups in total. The van der Waals surface area contributed by atoms with E-state index in [2.05, 4.69) is 27.4 Å². The van der Waals surface area contributed by atoms with Crippen LogP contribution in [0.1, 0.15) is 53.4 Å². The number of hydrogen-bond acceptors (Lipinski definition) is 2. The van der Waals surface area contributed by atoms with E-state index in [0.29, 0.717) is 22.7 Å². The van der Waals surface area contributed by atoms with Crippen molar-refractivity contribution in [1.29, 1.82) is 0 Å². The molecule has 0 heterocycles. The quantitative estimate of drug-likeness (QED) is 0.528. The highest BCUT2D eigenvalue weighted by Crippen LogP contribution is 2.73. The molecular formula is C17H26O2. The maximum absolute atomic E-state index is 11.2. The average Bonchev–Trinajstić information content (AvgIpc) is 2.44. The molecule has 2 heteroatoms. The van der Waals surface area contributed by atoms with Crippen molar-refractivity contribution >= 4 is 5.97 Å². The Morgan fingerprint density at radius 1 is 1.32 bits per heavy atom. The molecule has 0 aromatic carbocycles. The van der Waals surface area contributed by atoms with Gasteiger partial charge in [-0.25, -0.2) is 0 Å². The fourth-order valence-electron chi connectivity index (χ4n) is 5.57. The van der Waals surface area contributed by atoms with Crippen LogP contribution in [0, 0.1) is 28.6 Å². The van der Waals surface area contributed by atoms with E-state index in [-0.39, 0.29) is 12.1 Å². The lowest BCUT2D eigenvalue weighted by Gasteiger charge is -2.68. The summed E-state index contributed by atoms with van der Waals surface area (Å²) in [5.41, 5.74) is 2.03. The minimum Gasteiger partial charge on any atom is -0.458 e. The largest absolute Gasteiger partial charge is 0.458 e. The molecule has 19 heavy (non-hydrogen) atoms. The van der Waals surface area contributed by atoms with E-state index in [1.165, 1.54) is 31.8 Å². The Labute approximate surface area is 116 Å². The first-order valence-electron chi connectivity index (χ1n) is 7.63. The third-order valence-electron chi connectivity index (χ3n) is 6.38. The number of ether oxygens (including phenoxy) is 1. The zero-order chi connectivity index (χ0) is 14.0. The maximum Gasteiger partial charge on any atom is 0.303 e. The summed E-state index contributed by atoms with van der Waals surface area (Å²) in [4.78, 5) is 11.2. The van der Waals surface area contributed by atoms with Gasteiger partial charge in [0.1, 0.15) is 6.10 Å². The van der Waals surface area contributed by atoms with Crippen LogP contribution in [0.5, 0.6) is 0 Å². The molecule has 3 aliphatic rings. The second kappa shape index (κ2) is 3.86. The van der Waals surface area contributed by atoms with Crippen LogP contribution in [0.4, 0.5) is 0 Å².